The largest absolute Gasteiger partial charge is 0.489 e. The van der Waals surface area contributed by atoms with Crippen molar-refractivity contribution in [2.24, 2.45) is 4.99 Å². The van der Waals surface area contributed by atoms with Gasteiger partial charge in [0.1, 0.15) is 18.2 Å². The molecule has 3 rings (SSSR count). The molecule has 0 saturated carbocycles. The molecule has 1 N–H and O–H groups in total. The van der Waals surface area contributed by atoms with E-state index in [-0.39, 0.29) is 6.03 Å². The van der Waals surface area contributed by atoms with Crippen molar-refractivity contribution in [2.45, 2.75) is 25.9 Å². The number of rotatable bonds is 4. The van der Waals surface area contributed by atoms with Gasteiger partial charge in [0, 0.05) is 25.7 Å². The SMILES string of the molecule is CN1CCCC/C1=N/C(=O)Nc1ccc(OCc2ccccc2)cc1. The molecule has 0 radical (unpaired) electrons. The lowest BCUT2D eigenvalue weighted by atomic mass is 10.1. The Morgan fingerprint density at radius 1 is 1.12 bits per heavy atom. The van der Waals surface area contributed by atoms with Crippen LogP contribution in [-0.4, -0.2) is 30.4 Å². The quantitative estimate of drug-likeness (QED) is 0.904. The van der Waals surface area contributed by atoms with Crippen LogP contribution in [0.1, 0.15) is 24.8 Å². The normalized spacial score (nSPS) is 15.9. The molecule has 0 spiro atoms. The fraction of sp³-hybridized carbons (Fsp3) is 0.300. The highest BCUT2D eigenvalue weighted by molar-refractivity contribution is 6.00. The summed E-state index contributed by atoms with van der Waals surface area (Å²) in [5, 5.41) is 2.80. The van der Waals surface area contributed by atoms with Gasteiger partial charge < -0.3 is 15.0 Å². The van der Waals surface area contributed by atoms with Gasteiger partial charge in [-0.3, -0.25) is 0 Å². The van der Waals surface area contributed by atoms with Crippen molar-refractivity contribution < 1.29 is 9.53 Å². The van der Waals surface area contributed by atoms with E-state index in [0.29, 0.717) is 12.3 Å². The molecule has 1 aliphatic rings. The number of nitrogens with one attached hydrogen (secondary N) is 1. The smallest absolute Gasteiger partial charge is 0.347 e. The van der Waals surface area contributed by atoms with E-state index >= 15 is 0 Å². The molecule has 5 heteroatoms. The van der Waals surface area contributed by atoms with Crippen LogP contribution in [0.15, 0.2) is 59.6 Å². The Balaban J connectivity index is 1.53. The van der Waals surface area contributed by atoms with Crippen LogP contribution in [-0.2, 0) is 6.61 Å². The summed E-state index contributed by atoms with van der Waals surface area (Å²) in [6, 6.07) is 17.0. The molecule has 2 aromatic carbocycles. The molecule has 1 heterocycles. The van der Waals surface area contributed by atoms with Crippen LogP contribution < -0.4 is 10.1 Å². The first kappa shape index (κ1) is 17.0. The second-order valence-electron chi connectivity index (χ2n) is 6.14. The van der Waals surface area contributed by atoms with Gasteiger partial charge in [-0.05, 0) is 42.7 Å². The van der Waals surface area contributed by atoms with Gasteiger partial charge in [-0.25, -0.2) is 4.79 Å². The molecule has 1 fully saturated rings. The number of amidine groups is 1. The van der Waals surface area contributed by atoms with E-state index < -0.39 is 0 Å². The number of ether oxygens (including phenoxy) is 1. The number of likely N-dealkylation sites (tertiary alicyclic amines) is 1. The molecule has 0 aliphatic carbocycles. The highest BCUT2D eigenvalue weighted by Crippen LogP contribution is 2.17. The van der Waals surface area contributed by atoms with Crippen LogP contribution in [0.5, 0.6) is 5.75 Å². The third-order valence-corrected chi connectivity index (χ3v) is 4.17. The molecule has 25 heavy (non-hydrogen) atoms. The zero-order valence-electron chi connectivity index (χ0n) is 14.4. The number of hydrogen-bond acceptors (Lipinski definition) is 2. The summed E-state index contributed by atoms with van der Waals surface area (Å²) < 4.78 is 5.74. The Morgan fingerprint density at radius 3 is 2.60 bits per heavy atom. The number of piperidine rings is 1. The first-order valence-electron chi connectivity index (χ1n) is 8.57. The molecule has 2 aromatic rings. The number of carbonyl (C=O) groups excluding carboxylic acids is 1. The van der Waals surface area contributed by atoms with Gasteiger partial charge in [0.15, 0.2) is 0 Å². The minimum absolute atomic E-state index is 0.332. The summed E-state index contributed by atoms with van der Waals surface area (Å²) in [6.07, 6.45) is 3.10. The minimum atomic E-state index is -0.332. The van der Waals surface area contributed by atoms with Crippen molar-refractivity contribution in [3.8, 4) is 5.75 Å². The fourth-order valence-corrected chi connectivity index (χ4v) is 2.74. The van der Waals surface area contributed by atoms with Crippen LogP contribution in [0, 0.1) is 0 Å². The van der Waals surface area contributed by atoms with E-state index in [4.69, 9.17) is 4.74 Å². The Bertz CT molecular complexity index is 726. The second kappa shape index (κ2) is 8.33. The number of anilines is 1. The molecule has 0 unspecified atom stereocenters. The van der Waals surface area contributed by atoms with Crippen LogP contribution in [0.25, 0.3) is 0 Å². The van der Waals surface area contributed by atoms with E-state index in [1.54, 1.807) is 0 Å². The molecule has 0 atom stereocenters. The van der Waals surface area contributed by atoms with Crippen molar-refractivity contribution in [1.29, 1.82) is 0 Å². The van der Waals surface area contributed by atoms with Crippen LogP contribution >= 0.6 is 0 Å². The first-order valence-corrected chi connectivity index (χ1v) is 8.57. The highest BCUT2D eigenvalue weighted by Gasteiger charge is 2.13. The van der Waals surface area contributed by atoms with Crippen molar-refractivity contribution in [1.82, 2.24) is 4.90 Å². The third-order valence-electron chi connectivity index (χ3n) is 4.17. The summed E-state index contributed by atoms with van der Waals surface area (Å²) in [4.78, 5) is 18.3. The number of benzene rings is 2. The maximum Gasteiger partial charge on any atom is 0.347 e. The van der Waals surface area contributed by atoms with Gasteiger partial charge in [0.05, 0.1) is 0 Å². The fourth-order valence-electron chi connectivity index (χ4n) is 2.74. The Labute approximate surface area is 148 Å². The van der Waals surface area contributed by atoms with E-state index in [1.807, 2.05) is 66.5 Å². The van der Waals surface area contributed by atoms with Gasteiger partial charge in [0.25, 0.3) is 0 Å². The van der Waals surface area contributed by atoms with Crippen molar-refractivity contribution >= 4 is 17.6 Å². The second-order valence-corrected chi connectivity index (χ2v) is 6.14. The Morgan fingerprint density at radius 2 is 1.88 bits per heavy atom. The van der Waals surface area contributed by atoms with Gasteiger partial charge >= 0.3 is 6.03 Å². The Kier molecular flexibility index (Phi) is 5.67. The number of amides is 2. The molecule has 5 nitrogen and oxygen atoms in total. The van der Waals surface area contributed by atoms with Crippen LogP contribution in [0.4, 0.5) is 10.5 Å². The summed E-state index contributed by atoms with van der Waals surface area (Å²) in [6.45, 7) is 1.48. The molecule has 1 saturated heterocycles. The maximum atomic E-state index is 12.1. The van der Waals surface area contributed by atoms with E-state index in [9.17, 15) is 4.79 Å². The van der Waals surface area contributed by atoms with Crippen LogP contribution in [0.3, 0.4) is 0 Å². The summed E-state index contributed by atoms with van der Waals surface area (Å²) in [5.74, 6) is 1.62. The van der Waals surface area contributed by atoms with Gasteiger partial charge in [-0.2, -0.15) is 4.99 Å². The molecule has 130 valence electrons. The molecular formula is C20H23N3O2. The Hall–Kier alpha value is -2.82. The van der Waals surface area contributed by atoms with Gasteiger partial charge in [0.2, 0.25) is 0 Å². The van der Waals surface area contributed by atoms with E-state index in [1.165, 1.54) is 0 Å². The van der Waals surface area contributed by atoms with E-state index in [0.717, 1.165) is 43.0 Å². The monoisotopic (exact) mass is 337 g/mol. The average molecular weight is 337 g/mol. The highest BCUT2D eigenvalue weighted by atomic mass is 16.5. The lowest BCUT2D eigenvalue weighted by Gasteiger charge is -2.25. The predicted octanol–water partition coefficient (Wildman–Crippen LogP) is 4.31. The van der Waals surface area contributed by atoms with Gasteiger partial charge in [-0.15, -0.1) is 0 Å². The summed E-state index contributed by atoms with van der Waals surface area (Å²) in [5.41, 5.74) is 1.83. The molecular weight excluding hydrogens is 314 g/mol. The summed E-state index contributed by atoms with van der Waals surface area (Å²) >= 11 is 0. The third kappa shape index (κ3) is 5.08. The number of urea groups is 1. The van der Waals surface area contributed by atoms with Gasteiger partial charge in [-0.1, -0.05) is 30.3 Å². The number of aliphatic imine (C=N–C) groups is 1. The van der Waals surface area contributed by atoms with E-state index in [2.05, 4.69) is 10.3 Å². The summed E-state index contributed by atoms with van der Waals surface area (Å²) in [7, 11) is 1.98. The molecule has 0 bridgehead atoms. The van der Waals surface area contributed by atoms with Crippen molar-refractivity contribution in [2.75, 3.05) is 18.9 Å². The zero-order valence-corrected chi connectivity index (χ0v) is 14.4. The first-order chi connectivity index (χ1) is 12.2. The number of nitrogens with zero attached hydrogens (tertiary/aromatic N) is 2. The van der Waals surface area contributed by atoms with Crippen LogP contribution in [0.2, 0.25) is 0 Å². The standard InChI is InChI=1S/C20H23N3O2/c1-23-14-6-5-9-19(23)22-20(24)21-17-10-12-18(13-11-17)25-15-16-7-3-2-4-8-16/h2-4,7-8,10-13H,5-6,9,14-15H2,1H3,(H,21,24)/b22-19-. The predicted molar refractivity (Wildman–Crippen MR) is 100 cm³/mol. The maximum absolute atomic E-state index is 12.1. The average Bonchev–Trinajstić information content (AvgIpc) is 2.64. The lowest BCUT2D eigenvalue weighted by Crippen LogP contribution is -2.32. The minimum Gasteiger partial charge on any atom is -0.489 e. The molecule has 1 aliphatic heterocycles. The lowest BCUT2D eigenvalue weighted by molar-refractivity contribution is 0.259. The number of carbonyl (C=O) groups is 1. The zero-order chi connectivity index (χ0) is 17.5. The van der Waals surface area contributed by atoms with Crippen molar-refractivity contribution in [3.63, 3.8) is 0 Å². The molecule has 2 amide bonds. The molecule has 0 aromatic heterocycles. The van der Waals surface area contributed by atoms with Crippen molar-refractivity contribution in [3.05, 3.63) is 60.2 Å². The number of hydrogen-bond donors (Lipinski definition) is 1. The topological polar surface area (TPSA) is 53.9 Å².